The van der Waals surface area contributed by atoms with E-state index in [1.165, 1.54) is 113 Å². The van der Waals surface area contributed by atoms with E-state index >= 15 is 0 Å². The number of rotatable bonds is 4. The molecule has 7 atom stereocenters. The SMILES string of the molecule is N#Cc1ccc(-c2ccc(-c3c4ccccc4c(-c4ccc5c(c4)[C@@H]4C=C4c4cc(-c6ccc7c(c6)-c6ccccc6C6CC8CC9CC7C8C96)ccc4-5)c4ccccc34)cc2)cc1. The topological polar surface area (TPSA) is 23.8 Å². The molecule has 300 valence electrons. The second kappa shape index (κ2) is 12.9. The molecule has 9 aromatic carbocycles. The molecule has 15 rings (SSSR count). The molecule has 0 aliphatic heterocycles. The van der Waals surface area contributed by atoms with Gasteiger partial charge in [-0.1, -0.05) is 152 Å². The van der Waals surface area contributed by atoms with E-state index in [0.29, 0.717) is 11.5 Å². The Labute approximate surface area is 374 Å². The second-order valence-electron chi connectivity index (χ2n) is 19.8. The minimum Gasteiger partial charge on any atom is -0.192 e. The number of hydrogen-bond acceptors (Lipinski definition) is 1. The minimum absolute atomic E-state index is 0.351. The van der Waals surface area contributed by atoms with E-state index in [9.17, 15) is 5.26 Å². The lowest BCUT2D eigenvalue weighted by Crippen LogP contribution is -2.17. The van der Waals surface area contributed by atoms with Crippen LogP contribution in [0.2, 0.25) is 0 Å². The molecule has 6 bridgehead atoms. The number of benzene rings is 9. The van der Waals surface area contributed by atoms with Crippen molar-refractivity contribution in [2.45, 2.75) is 37.0 Å². The van der Waals surface area contributed by atoms with Crippen LogP contribution in [0.5, 0.6) is 0 Å². The summed E-state index contributed by atoms with van der Waals surface area (Å²) in [6.07, 6.45) is 6.78. The number of hydrogen-bond donors (Lipinski definition) is 0. The van der Waals surface area contributed by atoms with Gasteiger partial charge in [0.05, 0.1) is 11.6 Å². The van der Waals surface area contributed by atoms with Gasteiger partial charge in [0.15, 0.2) is 0 Å². The number of fused-ring (bicyclic) bond motifs is 13. The first-order valence-electron chi connectivity index (χ1n) is 23.5. The van der Waals surface area contributed by atoms with Crippen molar-refractivity contribution in [2.75, 3.05) is 0 Å². The van der Waals surface area contributed by atoms with Gasteiger partial charge in [0.2, 0.25) is 0 Å². The summed E-state index contributed by atoms with van der Waals surface area (Å²) in [7, 11) is 0. The van der Waals surface area contributed by atoms with Crippen molar-refractivity contribution in [2.24, 2.45) is 23.7 Å². The smallest absolute Gasteiger partial charge is 0.0991 e. The molecule has 0 radical (unpaired) electrons. The predicted octanol–water partition coefficient (Wildman–Crippen LogP) is 16.2. The van der Waals surface area contributed by atoms with E-state index in [4.69, 9.17) is 0 Å². The van der Waals surface area contributed by atoms with Crippen LogP contribution in [0.3, 0.4) is 0 Å². The van der Waals surface area contributed by atoms with Gasteiger partial charge in [-0.2, -0.15) is 5.26 Å². The zero-order valence-corrected chi connectivity index (χ0v) is 35.4. The fourth-order valence-corrected chi connectivity index (χ4v) is 14.4. The van der Waals surface area contributed by atoms with Crippen LogP contribution in [0, 0.1) is 35.0 Å². The Morgan fingerprint density at radius 1 is 0.375 bits per heavy atom. The summed E-state index contributed by atoms with van der Waals surface area (Å²) in [4.78, 5) is 0. The van der Waals surface area contributed by atoms with Crippen molar-refractivity contribution < 1.29 is 0 Å². The Kier molecular flexibility index (Phi) is 7.10. The zero-order chi connectivity index (χ0) is 41.8. The van der Waals surface area contributed by atoms with Gasteiger partial charge in [-0.15, -0.1) is 0 Å². The van der Waals surface area contributed by atoms with Crippen LogP contribution < -0.4 is 0 Å². The maximum absolute atomic E-state index is 9.30. The first-order valence-corrected chi connectivity index (χ1v) is 23.5. The molecule has 0 heterocycles. The molecule has 1 heteroatoms. The van der Waals surface area contributed by atoms with Crippen LogP contribution in [-0.2, 0) is 0 Å². The van der Waals surface area contributed by atoms with Crippen LogP contribution in [0.1, 0.15) is 64.8 Å². The largest absolute Gasteiger partial charge is 0.192 e. The average Bonchev–Trinajstić information content (AvgIpc) is 3.82. The fourth-order valence-electron chi connectivity index (χ4n) is 14.4. The summed E-state index contributed by atoms with van der Waals surface area (Å²) in [5.74, 6) is 5.47. The minimum atomic E-state index is 0.351. The molecule has 0 saturated heterocycles. The van der Waals surface area contributed by atoms with E-state index in [0.717, 1.165) is 46.6 Å². The molecule has 3 fully saturated rings. The molecule has 0 spiro atoms. The highest BCUT2D eigenvalue weighted by Crippen LogP contribution is 2.72. The lowest BCUT2D eigenvalue weighted by Gasteiger charge is -2.29. The van der Waals surface area contributed by atoms with Gasteiger partial charge in [0, 0.05) is 5.92 Å². The molecule has 6 unspecified atom stereocenters. The Morgan fingerprint density at radius 3 is 1.55 bits per heavy atom. The van der Waals surface area contributed by atoms with E-state index in [2.05, 4.69) is 164 Å². The summed E-state index contributed by atoms with van der Waals surface area (Å²) in [6, 6.07) is 68.5. The third-order valence-electron chi connectivity index (χ3n) is 16.9. The third-order valence-corrected chi connectivity index (χ3v) is 16.9. The molecule has 0 N–H and O–H groups in total. The van der Waals surface area contributed by atoms with E-state index in [1.807, 2.05) is 24.3 Å². The first-order chi connectivity index (χ1) is 31.7. The van der Waals surface area contributed by atoms with Crippen LogP contribution in [0.4, 0.5) is 0 Å². The van der Waals surface area contributed by atoms with Crippen molar-refractivity contribution in [1.29, 1.82) is 5.26 Å². The van der Waals surface area contributed by atoms with E-state index in [1.54, 1.807) is 11.1 Å². The summed E-state index contributed by atoms with van der Waals surface area (Å²) < 4.78 is 0. The van der Waals surface area contributed by atoms with E-state index in [-0.39, 0.29) is 0 Å². The molecule has 9 aromatic rings. The normalized spacial score (nSPS) is 23.4. The third kappa shape index (κ3) is 4.84. The molecule has 6 aliphatic carbocycles. The summed E-state index contributed by atoms with van der Waals surface area (Å²) >= 11 is 0. The fraction of sp³-hybridized carbons (Fsp3) is 0.159. The van der Waals surface area contributed by atoms with Crippen LogP contribution >= 0.6 is 0 Å². The highest BCUT2D eigenvalue weighted by molar-refractivity contribution is 6.21. The Morgan fingerprint density at radius 2 is 0.875 bits per heavy atom. The van der Waals surface area contributed by atoms with Gasteiger partial charge >= 0.3 is 0 Å². The molecule has 64 heavy (non-hydrogen) atoms. The van der Waals surface area contributed by atoms with Crippen molar-refractivity contribution in [3.05, 3.63) is 210 Å². The van der Waals surface area contributed by atoms with Gasteiger partial charge in [0.25, 0.3) is 0 Å². The van der Waals surface area contributed by atoms with E-state index < -0.39 is 0 Å². The lowest BCUT2D eigenvalue weighted by molar-refractivity contribution is 0.277. The van der Waals surface area contributed by atoms with Gasteiger partial charge in [-0.25, -0.2) is 0 Å². The molecule has 0 aromatic heterocycles. The highest BCUT2D eigenvalue weighted by Gasteiger charge is 2.62. The van der Waals surface area contributed by atoms with Crippen molar-refractivity contribution in [3.8, 4) is 72.8 Å². The first kappa shape index (κ1) is 35.2. The molecule has 0 amide bonds. The Balaban J connectivity index is 0.811. The monoisotopic (exact) mass is 813 g/mol. The van der Waals surface area contributed by atoms with Crippen LogP contribution in [0.25, 0.3) is 93.9 Å². The van der Waals surface area contributed by atoms with Gasteiger partial charge in [0.1, 0.15) is 0 Å². The number of allylic oxidation sites excluding steroid dienone is 2. The second-order valence-corrected chi connectivity index (χ2v) is 19.8. The molecular formula is C63H43N. The van der Waals surface area contributed by atoms with Gasteiger partial charge in [-0.05, 0) is 201 Å². The number of nitriles is 1. The maximum atomic E-state index is 9.30. The van der Waals surface area contributed by atoms with Crippen LogP contribution in [-0.4, -0.2) is 0 Å². The molecule has 3 saturated carbocycles. The van der Waals surface area contributed by atoms with Crippen molar-refractivity contribution in [3.63, 3.8) is 0 Å². The summed E-state index contributed by atoms with van der Waals surface area (Å²) in [5.41, 5.74) is 23.9. The summed E-state index contributed by atoms with van der Waals surface area (Å²) in [5, 5.41) is 14.4. The zero-order valence-electron chi connectivity index (χ0n) is 35.4. The predicted molar refractivity (Wildman–Crippen MR) is 263 cm³/mol. The molecule has 6 aliphatic rings. The average molecular weight is 814 g/mol. The Hall–Kier alpha value is -7.27. The molecular weight excluding hydrogens is 771 g/mol. The van der Waals surface area contributed by atoms with Gasteiger partial charge < -0.3 is 0 Å². The Bertz CT molecular complexity index is 3520. The maximum Gasteiger partial charge on any atom is 0.0991 e. The van der Waals surface area contributed by atoms with Gasteiger partial charge in [-0.3, -0.25) is 0 Å². The summed E-state index contributed by atoms with van der Waals surface area (Å²) in [6.45, 7) is 0. The quantitative estimate of drug-likeness (QED) is 0.162. The van der Waals surface area contributed by atoms with Crippen molar-refractivity contribution in [1.82, 2.24) is 0 Å². The molecule has 1 nitrogen and oxygen atoms in total. The van der Waals surface area contributed by atoms with Crippen molar-refractivity contribution >= 4 is 27.1 Å². The standard InChI is InChI=1S/C63H43N/c64-34-35-13-15-36(16-14-35)37-17-19-38(20-18-37)60-49-9-3-5-11-51(49)61(52-12-6-4-10-50(52)60)41-23-26-47-46-24-21-40(29-54(46)56-33-57(56)55(47)30-41)39-22-25-48-53(28-39)44-7-1-2-8-45(44)58-31-42-27-43-32-59(48)63(42)62(43)58/h1-26,28-30,33,42-43,57-59,62-63H,27,31-32H2/t42?,43?,57-,58?,59?,62?,63?/m0/s1. The lowest BCUT2D eigenvalue weighted by atomic mass is 9.75. The number of nitrogens with zero attached hydrogens (tertiary/aromatic N) is 1. The van der Waals surface area contributed by atoms with Crippen LogP contribution in [0.15, 0.2) is 182 Å². The highest BCUT2D eigenvalue weighted by atomic mass is 14.7.